The lowest BCUT2D eigenvalue weighted by Gasteiger charge is -2.07. The summed E-state index contributed by atoms with van der Waals surface area (Å²) in [6.45, 7) is 0.454. The molecule has 4 aromatic rings. The summed E-state index contributed by atoms with van der Waals surface area (Å²) in [5, 5.41) is 16.4. The summed E-state index contributed by atoms with van der Waals surface area (Å²) in [5.74, 6) is 0.983. The molecule has 0 fully saturated rings. The van der Waals surface area contributed by atoms with Crippen molar-refractivity contribution in [3.8, 4) is 22.7 Å². The number of ether oxygens (including phenoxy) is 1. The van der Waals surface area contributed by atoms with E-state index in [9.17, 15) is 4.79 Å². The highest BCUT2D eigenvalue weighted by Gasteiger charge is 2.07. The smallest absolute Gasteiger partial charge is 0.230 e. The molecule has 156 valence electrons. The fraction of sp³-hybridized carbons (Fsp3) is 0.130. The Labute approximate surface area is 184 Å². The predicted molar refractivity (Wildman–Crippen MR) is 120 cm³/mol. The maximum absolute atomic E-state index is 12.1. The van der Waals surface area contributed by atoms with E-state index in [1.807, 2.05) is 72.9 Å². The van der Waals surface area contributed by atoms with Crippen molar-refractivity contribution in [1.82, 2.24) is 25.3 Å². The van der Waals surface area contributed by atoms with Crippen LogP contribution in [0.3, 0.4) is 0 Å². The van der Waals surface area contributed by atoms with Gasteiger partial charge in [0.2, 0.25) is 5.91 Å². The van der Waals surface area contributed by atoms with Crippen LogP contribution in [-0.4, -0.2) is 38.7 Å². The summed E-state index contributed by atoms with van der Waals surface area (Å²) in [6, 6.07) is 21.2. The van der Waals surface area contributed by atoms with Gasteiger partial charge in [0, 0.05) is 24.5 Å². The van der Waals surface area contributed by atoms with Crippen molar-refractivity contribution in [2.75, 3.05) is 12.9 Å². The van der Waals surface area contributed by atoms with Crippen LogP contribution in [0, 0.1) is 0 Å². The van der Waals surface area contributed by atoms with E-state index < -0.39 is 0 Å². The van der Waals surface area contributed by atoms with E-state index in [-0.39, 0.29) is 11.7 Å². The van der Waals surface area contributed by atoms with E-state index in [0.29, 0.717) is 11.6 Å². The first-order chi connectivity index (χ1) is 15.2. The van der Waals surface area contributed by atoms with Crippen molar-refractivity contribution in [2.45, 2.75) is 11.6 Å². The minimum Gasteiger partial charge on any atom is -0.497 e. The summed E-state index contributed by atoms with van der Waals surface area (Å²) in [5.41, 5.74) is 3.71. The number of benzene rings is 2. The number of nitrogens with one attached hydrogen (secondary N) is 1. The quantitative estimate of drug-likeness (QED) is 0.428. The number of aromatic nitrogens is 4. The van der Waals surface area contributed by atoms with Crippen LogP contribution in [0.15, 0.2) is 84.1 Å². The number of carbonyl (C=O) groups excluding carboxylic acids is 1. The predicted octanol–water partition coefficient (Wildman–Crippen LogP) is 3.75. The van der Waals surface area contributed by atoms with Crippen molar-refractivity contribution in [2.24, 2.45) is 0 Å². The van der Waals surface area contributed by atoms with Crippen LogP contribution in [0.5, 0.6) is 5.75 Å². The standard InChI is InChI=1S/C23H21N5O2S/c1-30-20-5-2-4-17(14-20)15-24-22(29)16-31-23-11-10-21(26-27-23)18-6-8-19(9-7-18)28-13-3-12-25-28/h2-14H,15-16H2,1H3,(H,24,29). The molecule has 4 rings (SSSR count). The van der Waals surface area contributed by atoms with Crippen molar-refractivity contribution < 1.29 is 9.53 Å². The Balaban J connectivity index is 1.28. The van der Waals surface area contributed by atoms with Gasteiger partial charge in [0.15, 0.2) is 0 Å². The summed E-state index contributed by atoms with van der Waals surface area (Å²) < 4.78 is 7.00. The van der Waals surface area contributed by atoms with E-state index in [0.717, 1.165) is 28.3 Å². The molecule has 7 nitrogen and oxygen atoms in total. The van der Waals surface area contributed by atoms with Crippen LogP contribution < -0.4 is 10.1 Å². The van der Waals surface area contributed by atoms with E-state index in [2.05, 4.69) is 20.6 Å². The number of nitrogens with zero attached hydrogens (tertiary/aromatic N) is 4. The second-order valence-electron chi connectivity index (χ2n) is 6.67. The number of thioether (sulfide) groups is 1. The maximum Gasteiger partial charge on any atom is 0.230 e. The Morgan fingerprint density at radius 3 is 2.65 bits per heavy atom. The highest BCUT2D eigenvalue weighted by molar-refractivity contribution is 7.99. The zero-order chi connectivity index (χ0) is 21.5. The van der Waals surface area contributed by atoms with Crippen molar-refractivity contribution in [3.63, 3.8) is 0 Å². The molecule has 0 aliphatic heterocycles. The minimum absolute atomic E-state index is 0.0621. The average Bonchev–Trinajstić information content (AvgIpc) is 3.37. The van der Waals surface area contributed by atoms with Gasteiger partial charge in [-0.3, -0.25) is 4.79 Å². The van der Waals surface area contributed by atoms with Crippen LogP contribution in [-0.2, 0) is 11.3 Å². The highest BCUT2D eigenvalue weighted by Crippen LogP contribution is 2.21. The molecule has 0 unspecified atom stereocenters. The van der Waals surface area contributed by atoms with E-state index in [4.69, 9.17) is 4.74 Å². The van der Waals surface area contributed by atoms with Crippen molar-refractivity contribution in [1.29, 1.82) is 0 Å². The van der Waals surface area contributed by atoms with Crippen LogP contribution in [0.25, 0.3) is 16.9 Å². The Morgan fingerprint density at radius 1 is 1.06 bits per heavy atom. The topological polar surface area (TPSA) is 81.9 Å². The molecule has 1 N–H and O–H groups in total. The Bertz CT molecular complexity index is 1130. The van der Waals surface area contributed by atoms with Gasteiger partial charge in [-0.05, 0) is 48.0 Å². The summed E-state index contributed by atoms with van der Waals surface area (Å²) in [6.07, 6.45) is 3.64. The lowest BCUT2D eigenvalue weighted by molar-refractivity contribution is -0.118. The largest absolute Gasteiger partial charge is 0.497 e. The Morgan fingerprint density at radius 2 is 1.94 bits per heavy atom. The molecule has 2 heterocycles. The molecule has 0 aliphatic rings. The van der Waals surface area contributed by atoms with Crippen molar-refractivity contribution in [3.05, 3.63) is 84.7 Å². The summed E-state index contributed by atoms with van der Waals surface area (Å²) >= 11 is 1.35. The van der Waals surface area contributed by atoms with Crippen LogP contribution in [0.2, 0.25) is 0 Å². The number of methoxy groups -OCH3 is 1. The zero-order valence-electron chi connectivity index (χ0n) is 16.9. The van der Waals surface area contributed by atoms with Crippen molar-refractivity contribution >= 4 is 17.7 Å². The number of carbonyl (C=O) groups is 1. The molecule has 0 aliphatic carbocycles. The lowest BCUT2D eigenvalue weighted by Crippen LogP contribution is -2.24. The molecule has 31 heavy (non-hydrogen) atoms. The third-order valence-electron chi connectivity index (χ3n) is 4.55. The van der Waals surface area contributed by atoms with Gasteiger partial charge < -0.3 is 10.1 Å². The van der Waals surface area contributed by atoms with Crippen LogP contribution in [0.4, 0.5) is 0 Å². The van der Waals surface area contributed by atoms with Gasteiger partial charge in [0.1, 0.15) is 10.8 Å². The average molecular weight is 432 g/mol. The molecule has 0 bridgehead atoms. The molecule has 0 saturated heterocycles. The normalized spacial score (nSPS) is 10.6. The third kappa shape index (κ3) is 5.49. The van der Waals surface area contributed by atoms with Gasteiger partial charge in [0.05, 0.1) is 24.2 Å². The molecule has 1 amide bonds. The third-order valence-corrected chi connectivity index (χ3v) is 5.47. The minimum atomic E-state index is -0.0621. The van der Waals surface area contributed by atoms with Gasteiger partial charge in [-0.2, -0.15) is 5.10 Å². The highest BCUT2D eigenvalue weighted by atomic mass is 32.2. The molecular formula is C23H21N5O2S. The Hall–Kier alpha value is -3.65. The van der Waals surface area contributed by atoms with E-state index >= 15 is 0 Å². The Kier molecular flexibility index (Phi) is 6.59. The molecule has 0 spiro atoms. The first-order valence-electron chi connectivity index (χ1n) is 9.68. The second kappa shape index (κ2) is 9.90. The maximum atomic E-state index is 12.1. The second-order valence-corrected chi connectivity index (χ2v) is 7.67. The fourth-order valence-corrected chi connectivity index (χ4v) is 3.57. The molecule has 0 saturated carbocycles. The van der Waals surface area contributed by atoms with E-state index in [1.165, 1.54) is 11.8 Å². The number of amides is 1. The van der Waals surface area contributed by atoms with Gasteiger partial charge >= 0.3 is 0 Å². The van der Waals surface area contributed by atoms with Crippen LogP contribution >= 0.6 is 11.8 Å². The lowest BCUT2D eigenvalue weighted by atomic mass is 10.1. The summed E-state index contributed by atoms with van der Waals surface area (Å²) in [7, 11) is 1.62. The molecule has 0 atom stereocenters. The van der Waals surface area contributed by atoms with Gasteiger partial charge in [0.25, 0.3) is 0 Å². The molecule has 2 aromatic heterocycles. The van der Waals surface area contributed by atoms with Gasteiger partial charge in [-0.25, -0.2) is 4.68 Å². The van der Waals surface area contributed by atoms with Gasteiger partial charge in [-0.1, -0.05) is 36.0 Å². The number of hydrogen-bond acceptors (Lipinski definition) is 6. The SMILES string of the molecule is COc1cccc(CNC(=O)CSc2ccc(-c3ccc(-n4cccn4)cc3)nn2)c1. The molecule has 8 heteroatoms. The monoisotopic (exact) mass is 431 g/mol. The molecular weight excluding hydrogens is 410 g/mol. The van der Waals surface area contributed by atoms with Crippen LogP contribution in [0.1, 0.15) is 5.56 Å². The molecule has 0 radical (unpaired) electrons. The van der Waals surface area contributed by atoms with E-state index in [1.54, 1.807) is 18.0 Å². The zero-order valence-corrected chi connectivity index (χ0v) is 17.7. The molecule has 2 aromatic carbocycles. The first kappa shape index (κ1) is 20.6. The fourth-order valence-electron chi connectivity index (χ4n) is 2.93. The number of hydrogen-bond donors (Lipinski definition) is 1. The number of rotatable bonds is 8. The summed E-state index contributed by atoms with van der Waals surface area (Å²) in [4.78, 5) is 12.1. The first-order valence-corrected chi connectivity index (χ1v) is 10.7. The van der Waals surface area contributed by atoms with Gasteiger partial charge in [-0.15, -0.1) is 10.2 Å².